The Hall–Kier alpha value is -0.860. The van der Waals surface area contributed by atoms with Crippen LogP contribution in [0.5, 0.6) is 0 Å². The third-order valence-electron chi connectivity index (χ3n) is 2.70. The Balaban J connectivity index is 0.00000106. The highest BCUT2D eigenvalue weighted by Gasteiger charge is 2.30. The van der Waals surface area contributed by atoms with Crippen LogP contribution in [-0.4, -0.2) is 5.26 Å². The van der Waals surface area contributed by atoms with Crippen molar-refractivity contribution < 1.29 is 10.1 Å². The van der Waals surface area contributed by atoms with Crippen LogP contribution in [0.2, 0.25) is 0 Å². The summed E-state index contributed by atoms with van der Waals surface area (Å²) >= 11 is 0. The maximum atomic E-state index is 9.06. The molecule has 1 unspecified atom stereocenters. The fraction of sp³-hybridized carbons (Fsp3) is 0.571. The van der Waals surface area contributed by atoms with Gasteiger partial charge in [0, 0.05) is 0 Å². The van der Waals surface area contributed by atoms with Gasteiger partial charge in [0.2, 0.25) is 0 Å². The summed E-state index contributed by atoms with van der Waals surface area (Å²) in [6, 6.07) is 9.89. The maximum absolute atomic E-state index is 9.06. The van der Waals surface area contributed by atoms with Gasteiger partial charge in [-0.1, -0.05) is 64.4 Å². The van der Waals surface area contributed by atoms with Gasteiger partial charge in [0.25, 0.3) is 0 Å². The fourth-order valence-corrected chi connectivity index (χ4v) is 1.83. The predicted molar refractivity (Wildman–Crippen MR) is 68.4 cm³/mol. The Kier molecular flexibility index (Phi) is 7.86. The van der Waals surface area contributed by atoms with E-state index in [-0.39, 0.29) is 0 Å². The summed E-state index contributed by atoms with van der Waals surface area (Å²) < 4.78 is 0. The van der Waals surface area contributed by atoms with Crippen LogP contribution in [0.4, 0.5) is 0 Å². The van der Waals surface area contributed by atoms with E-state index in [1.807, 2.05) is 51.1 Å². The lowest BCUT2D eigenvalue weighted by Gasteiger charge is -2.29. The Labute approximate surface area is 99.2 Å². The van der Waals surface area contributed by atoms with Crippen LogP contribution in [0, 0.1) is 0 Å². The van der Waals surface area contributed by atoms with Gasteiger partial charge in [-0.25, -0.2) is 4.89 Å². The monoisotopic (exact) mass is 224 g/mol. The summed E-state index contributed by atoms with van der Waals surface area (Å²) in [5, 5.41) is 9.06. The van der Waals surface area contributed by atoms with E-state index >= 15 is 0 Å². The summed E-state index contributed by atoms with van der Waals surface area (Å²) in [6.07, 6.45) is 2.61. The minimum absolute atomic E-state index is 0.518. The molecule has 0 aromatic heterocycles. The topological polar surface area (TPSA) is 29.5 Å². The van der Waals surface area contributed by atoms with Gasteiger partial charge in [-0.3, -0.25) is 5.26 Å². The van der Waals surface area contributed by atoms with Gasteiger partial charge in [-0.05, 0) is 18.4 Å². The Bertz CT molecular complexity index is 253. The molecule has 1 aromatic rings. The highest BCUT2D eigenvalue weighted by atomic mass is 17.1. The van der Waals surface area contributed by atoms with Crippen LogP contribution in [0.25, 0.3) is 0 Å². The van der Waals surface area contributed by atoms with E-state index in [9.17, 15) is 0 Å². The molecule has 0 fully saturated rings. The molecule has 0 radical (unpaired) electrons. The molecule has 0 bridgehead atoms. The third-order valence-corrected chi connectivity index (χ3v) is 2.70. The highest BCUT2D eigenvalue weighted by molar-refractivity contribution is 5.22. The first-order valence-electron chi connectivity index (χ1n) is 6.17. The molecule has 1 aromatic carbocycles. The van der Waals surface area contributed by atoms with E-state index in [1.165, 1.54) is 0 Å². The van der Waals surface area contributed by atoms with Crippen molar-refractivity contribution in [3.05, 3.63) is 35.9 Å². The number of benzene rings is 1. The van der Waals surface area contributed by atoms with Gasteiger partial charge in [-0.15, -0.1) is 0 Å². The van der Waals surface area contributed by atoms with Crippen LogP contribution in [0.3, 0.4) is 0 Å². The summed E-state index contributed by atoms with van der Waals surface area (Å²) in [4.78, 5) is 4.71. The lowest BCUT2D eigenvalue weighted by molar-refractivity contribution is -0.332. The minimum Gasteiger partial charge on any atom is -0.251 e. The normalized spacial score (nSPS) is 13.6. The third kappa shape index (κ3) is 3.62. The molecular formula is C14H24O2. The first kappa shape index (κ1) is 15.1. The van der Waals surface area contributed by atoms with Crippen molar-refractivity contribution in [2.45, 2.75) is 52.6 Å². The largest absolute Gasteiger partial charge is 0.251 e. The van der Waals surface area contributed by atoms with Crippen molar-refractivity contribution >= 4 is 0 Å². The highest BCUT2D eigenvalue weighted by Crippen LogP contribution is 2.33. The van der Waals surface area contributed by atoms with E-state index in [1.54, 1.807) is 0 Å². The lowest BCUT2D eigenvalue weighted by atomic mass is 9.87. The van der Waals surface area contributed by atoms with Gasteiger partial charge in [0.15, 0.2) is 0 Å². The van der Waals surface area contributed by atoms with Crippen LogP contribution in [-0.2, 0) is 10.5 Å². The quantitative estimate of drug-likeness (QED) is 0.584. The van der Waals surface area contributed by atoms with Crippen molar-refractivity contribution in [2.75, 3.05) is 0 Å². The standard InChI is InChI=1S/C12H18O2.C2H6/c1-3-10-12(4-2,14-13)11-8-6-5-7-9-11;1-2/h5-9,13H,3-4,10H2,1-2H3;1-2H3. The van der Waals surface area contributed by atoms with E-state index in [4.69, 9.17) is 10.1 Å². The Morgan fingerprint density at radius 3 is 2.06 bits per heavy atom. The molecule has 0 saturated carbocycles. The van der Waals surface area contributed by atoms with E-state index < -0.39 is 5.60 Å². The van der Waals surface area contributed by atoms with Gasteiger partial charge in [-0.2, -0.15) is 0 Å². The van der Waals surface area contributed by atoms with Gasteiger partial charge in [0.05, 0.1) is 0 Å². The molecule has 0 aliphatic rings. The lowest BCUT2D eigenvalue weighted by Crippen LogP contribution is -2.27. The SMILES string of the molecule is CC.CCCC(CC)(OO)c1ccccc1. The van der Waals surface area contributed by atoms with Crippen LogP contribution in [0.1, 0.15) is 52.5 Å². The zero-order valence-corrected chi connectivity index (χ0v) is 10.9. The first-order chi connectivity index (χ1) is 7.79. The number of hydrogen-bond donors (Lipinski definition) is 1. The second-order valence-corrected chi connectivity index (χ2v) is 3.56. The first-order valence-corrected chi connectivity index (χ1v) is 6.17. The van der Waals surface area contributed by atoms with Crippen LogP contribution >= 0.6 is 0 Å². The predicted octanol–water partition coefficient (Wildman–Crippen LogP) is 4.61. The summed E-state index contributed by atoms with van der Waals surface area (Å²) in [5.41, 5.74) is 0.530. The molecule has 0 aliphatic heterocycles. The number of hydrogen-bond acceptors (Lipinski definition) is 2. The van der Waals surface area contributed by atoms with Crippen molar-refractivity contribution in [2.24, 2.45) is 0 Å². The molecule has 1 N–H and O–H groups in total. The second kappa shape index (κ2) is 8.31. The van der Waals surface area contributed by atoms with Crippen LogP contribution < -0.4 is 0 Å². The molecule has 0 saturated heterocycles. The smallest absolute Gasteiger partial charge is 0.128 e. The molecule has 2 nitrogen and oxygen atoms in total. The summed E-state index contributed by atoms with van der Waals surface area (Å²) in [6.45, 7) is 8.12. The Morgan fingerprint density at radius 1 is 1.12 bits per heavy atom. The van der Waals surface area contributed by atoms with Crippen molar-refractivity contribution in [3.8, 4) is 0 Å². The molecule has 92 valence electrons. The fourth-order valence-electron chi connectivity index (χ4n) is 1.83. The maximum Gasteiger partial charge on any atom is 0.128 e. The minimum atomic E-state index is -0.518. The second-order valence-electron chi connectivity index (χ2n) is 3.56. The molecule has 1 atom stereocenters. The van der Waals surface area contributed by atoms with Crippen LogP contribution in [0.15, 0.2) is 30.3 Å². The van der Waals surface area contributed by atoms with E-state index in [0.29, 0.717) is 0 Å². The molecule has 0 aliphatic carbocycles. The van der Waals surface area contributed by atoms with Crippen molar-refractivity contribution in [3.63, 3.8) is 0 Å². The Morgan fingerprint density at radius 2 is 1.69 bits per heavy atom. The van der Waals surface area contributed by atoms with Crippen molar-refractivity contribution in [1.82, 2.24) is 0 Å². The molecule has 0 heterocycles. The molecule has 16 heavy (non-hydrogen) atoms. The molecule has 0 spiro atoms. The summed E-state index contributed by atoms with van der Waals surface area (Å²) in [5.74, 6) is 0. The summed E-state index contributed by atoms with van der Waals surface area (Å²) in [7, 11) is 0. The van der Waals surface area contributed by atoms with Crippen molar-refractivity contribution in [1.29, 1.82) is 0 Å². The van der Waals surface area contributed by atoms with E-state index in [2.05, 4.69) is 6.92 Å². The van der Waals surface area contributed by atoms with E-state index in [0.717, 1.165) is 24.8 Å². The molecule has 2 heteroatoms. The number of rotatable bonds is 5. The zero-order valence-electron chi connectivity index (χ0n) is 10.9. The molecular weight excluding hydrogens is 200 g/mol. The van der Waals surface area contributed by atoms with Gasteiger partial charge in [0.1, 0.15) is 5.60 Å². The van der Waals surface area contributed by atoms with Gasteiger partial charge >= 0.3 is 0 Å². The molecule has 0 amide bonds. The molecule has 1 rings (SSSR count). The average Bonchev–Trinajstić information content (AvgIpc) is 2.39. The zero-order chi connectivity index (χ0) is 12.4. The average molecular weight is 224 g/mol. The van der Waals surface area contributed by atoms with Gasteiger partial charge < -0.3 is 0 Å².